The first-order chi connectivity index (χ1) is 8.99. The molecule has 1 aromatic rings. The molecule has 0 N–H and O–H groups in total. The molecule has 0 fully saturated rings. The minimum atomic E-state index is -3.00. The van der Waals surface area contributed by atoms with E-state index in [2.05, 4.69) is 27.3 Å². The average molecular weight is 380 g/mol. The van der Waals surface area contributed by atoms with Gasteiger partial charge in [0.05, 0.1) is 6.61 Å². The van der Waals surface area contributed by atoms with Crippen molar-refractivity contribution in [3.05, 3.63) is 33.4 Å². The molecular formula is C13H11F2IO3. The van der Waals surface area contributed by atoms with Crippen molar-refractivity contribution < 1.29 is 23.0 Å². The van der Waals surface area contributed by atoms with Gasteiger partial charge in [0.15, 0.2) is 0 Å². The number of hydrogen-bond acceptors (Lipinski definition) is 3. The maximum Gasteiger partial charge on any atom is 0.360 e. The minimum absolute atomic E-state index is 0.0179. The highest BCUT2D eigenvalue weighted by Crippen LogP contribution is 2.36. The minimum Gasteiger partial charge on any atom is -0.465 e. The molecular weight excluding hydrogens is 369 g/mol. The second-order valence-electron chi connectivity index (χ2n) is 3.93. The molecule has 1 aliphatic rings. The number of benzene rings is 1. The number of carbonyl (C=O) groups excluding carboxylic acids is 1. The van der Waals surface area contributed by atoms with Crippen LogP contribution in [0.2, 0.25) is 0 Å². The highest BCUT2D eigenvalue weighted by Gasteiger charge is 2.51. The van der Waals surface area contributed by atoms with Crippen LogP contribution in [0.1, 0.15) is 12.5 Å². The van der Waals surface area contributed by atoms with Crippen molar-refractivity contribution in [2.75, 3.05) is 6.61 Å². The van der Waals surface area contributed by atoms with E-state index in [0.717, 1.165) is 9.65 Å². The van der Waals surface area contributed by atoms with Gasteiger partial charge in [0.2, 0.25) is 0 Å². The van der Waals surface area contributed by atoms with Crippen LogP contribution in [0, 0.1) is 3.57 Å². The monoisotopic (exact) mass is 380 g/mol. The molecule has 1 aliphatic heterocycles. The number of ether oxygens (including phenoxy) is 2. The third-order valence-corrected chi connectivity index (χ3v) is 3.35. The van der Waals surface area contributed by atoms with Gasteiger partial charge in [-0.3, -0.25) is 0 Å². The number of fused-ring (bicyclic) bond motifs is 1. The predicted molar refractivity (Wildman–Crippen MR) is 74.2 cm³/mol. The molecule has 1 aromatic carbocycles. The maximum atomic E-state index is 13.2. The Morgan fingerprint density at radius 1 is 1.53 bits per heavy atom. The highest BCUT2D eigenvalue weighted by atomic mass is 127. The van der Waals surface area contributed by atoms with E-state index in [4.69, 9.17) is 4.74 Å². The normalized spacial score (nSPS) is 20.9. The van der Waals surface area contributed by atoms with E-state index in [9.17, 15) is 13.6 Å². The van der Waals surface area contributed by atoms with Gasteiger partial charge >= 0.3 is 5.97 Å². The van der Waals surface area contributed by atoms with Gasteiger partial charge in [-0.1, -0.05) is 6.08 Å². The van der Waals surface area contributed by atoms with Crippen molar-refractivity contribution in [2.24, 2.45) is 0 Å². The Morgan fingerprint density at radius 3 is 2.89 bits per heavy atom. The zero-order chi connectivity index (χ0) is 14.0. The molecule has 0 saturated carbocycles. The lowest BCUT2D eigenvalue weighted by atomic mass is 9.98. The first kappa shape index (κ1) is 14.2. The Labute approximate surface area is 122 Å². The number of carbonyl (C=O) groups is 1. The Kier molecular flexibility index (Phi) is 4.07. The molecule has 0 radical (unpaired) electrons. The Bertz CT molecular complexity index is 531. The predicted octanol–water partition coefficient (Wildman–Crippen LogP) is 3.26. The van der Waals surface area contributed by atoms with E-state index in [1.165, 1.54) is 6.08 Å². The number of hydrogen-bond donors (Lipinski definition) is 0. The van der Waals surface area contributed by atoms with Crippen molar-refractivity contribution in [1.82, 2.24) is 0 Å². The summed E-state index contributed by atoms with van der Waals surface area (Å²) in [5, 5.41) is 0. The van der Waals surface area contributed by atoms with Crippen LogP contribution in [0.25, 0.3) is 6.08 Å². The fraction of sp³-hybridized carbons (Fsp3) is 0.308. The molecule has 0 aliphatic carbocycles. The van der Waals surface area contributed by atoms with Crippen LogP contribution in [-0.4, -0.2) is 24.6 Å². The summed E-state index contributed by atoms with van der Waals surface area (Å²) in [4.78, 5) is 11.8. The number of rotatable bonds is 3. The van der Waals surface area contributed by atoms with E-state index in [1.54, 1.807) is 25.1 Å². The van der Waals surface area contributed by atoms with E-state index in [-0.39, 0.29) is 12.4 Å². The lowest BCUT2D eigenvalue weighted by Gasteiger charge is -2.31. The fourth-order valence-electron chi connectivity index (χ4n) is 1.73. The zero-order valence-corrected chi connectivity index (χ0v) is 12.2. The van der Waals surface area contributed by atoms with E-state index < -0.39 is 18.0 Å². The fourth-order valence-corrected chi connectivity index (χ4v) is 2.25. The van der Waals surface area contributed by atoms with E-state index in [1.807, 2.05) is 0 Å². The van der Waals surface area contributed by atoms with Gasteiger partial charge in [-0.2, -0.15) is 0 Å². The molecule has 1 unspecified atom stereocenters. The maximum absolute atomic E-state index is 13.2. The molecule has 1 heterocycles. The average Bonchev–Trinajstić information content (AvgIpc) is 2.38. The van der Waals surface area contributed by atoms with Crippen LogP contribution < -0.4 is 4.74 Å². The summed E-state index contributed by atoms with van der Waals surface area (Å²) in [6, 6.07) is 5.07. The van der Waals surface area contributed by atoms with Crippen LogP contribution in [0.5, 0.6) is 5.75 Å². The summed E-state index contributed by atoms with van der Waals surface area (Å²) >= 11 is 2.11. The molecule has 3 nitrogen and oxygen atoms in total. The Hall–Kier alpha value is -1.18. The van der Waals surface area contributed by atoms with Gasteiger partial charge in [0, 0.05) is 9.13 Å². The smallest absolute Gasteiger partial charge is 0.360 e. The number of alkyl halides is 2. The van der Waals surface area contributed by atoms with Crippen molar-refractivity contribution in [3.8, 4) is 5.75 Å². The second-order valence-corrected chi connectivity index (χ2v) is 5.18. The van der Waals surface area contributed by atoms with Crippen LogP contribution >= 0.6 is 22.6 Å². The van der Waals surface area contributed by atoms with Crippen molar-refractivity contribution >= 4 is 34.6 Å². The topological polar surface area (TPSA) is 35.5 Å². The summed E-state index contributed by atoms with van der Waals surface area (Å²) in [6.45, 7) is 1.57. The van der Waals surface area contributed by atoms with Crippen molar-refractivity contribution in [3.63, 3.8) is 0 Å². The van der Waals surface area contributed by atoms with E-state index in [0.29, 0.717) is 5.56 Å². The third kappa shape index (κ3) is 2.58. The second kappa shape index (κ2) is 5.44. The van der Waals surface area contributed by atoms with Gasteiger partial charge < -0.3 is 9.47 Å². The molecule has 19 heavy (non-hydrogen) atoms. The molecule has 102 valence electrons. The van der Waals surface area contributed by atoms with Gasteiger partial charge in [0.1, 0.15) is 5.75 Å². The van der Waals surface area contributed by atoms with Crippen molar-refractivity contribution in [2.45, 2.75) is 19.0 Å². The third-order valence-electron chi connectivity index (χ3n) is 2.68. The Balaban J connectivity index is 2.41. The first-order valence-corrected chi connectivity index (χ1v) is 6.70. The lowest BCUT2D eigenvalue weighted by Crippen LogP contribution is -2.51. The summed E-state index contributed by atoms with van der Waals surface area (Å²) in [6.07, 6.45) is -0.478. The van der Waals surface area contributed by atoms with Crippen LogP contribution in [0.4, 0.5) is 8.78 Å². The zero-order valence-electron chi connectivity index (χ0n) is 10.0. The number of halogens is 3. The van der Waals surface area contributed by atoms with Gasteiger partial charge in [-0.15, -0.1) is 0 Å². The van der Waals surface area contributed by atoms with E-state index >= 15 is 0 Å². The molecule has 0 amide bonds. The largest absolute Gasteiger partial charge is 0.465 e. The first-order valence-electron chi connectivity index (χ1n) is 5.63. The van der Waals surface area contributed by atoms with Gasteiger partial charge in [-0.25, -0.2) is 13.6 Å². The van der Waals surface area contributed by atoms with Crippen molar-refractivity contribution in [1.29, 1.82) is 0 Å². The standard InChI is InChI=1S/C13H11F2IO3/c1-2-18-12(17)13(11(14)15)6-5-8-7-9(16)3-4-10(8)19-13/h3-7,11H,2H2,1H3. The molecule has 6 heteroatoms. The summed E-state index contributed by atoms with van der Waals surface area (Å²) in [5.41, 5.74) is -1.69. The Morgan fingerprint density at radius 2 is 2.26 bits per heavy atom. The lowest BCUT2D eigenvalue weighted by molar-refractivity contribution is -0.169. The van der Waals surface area contributed by atoms with Gasteiger partial charge in [0.25, 0.3) is 12.0 Å². The quantitative estimate of drug-likeness (QED) is 0.597. The highest BCUT2D eigenvalue weighted by molar-refractivity contribution is 14.1. The molecule has 0 bridgehead atoms. The van der Waals surface area contributed by atoms with Crippen LogP contribution in [0.3, 0.4) is 0 Å². The summed E-state index contributed by atoms with van der Waals surface area (Å²) in [5.74, 6) is -0.832. The molecule has 0 aromatic heterocycles. The van der Waals surface area contributed by atoms with Gasteiger partial charge in [-0.05, 0) is 53.8 Å². The molecule has 1 atom stereocenters. The van der Waals surface area contributed by atoms with Crippen LogP contribution in [0.15, 0.2) is 24.3 Å². The summed E-state index contributed by atoms with van der Waals surface area (Å²) in [7, 11) is 0. The summed E-state index contributed by atoms with van der Waals surface area (Å²) < 4.78 is 37.4. The SMILES string of the molecule is CCOC(=O)C1(C(F)F)C=Cc2cc(I)ccc2O1. The molecule has 0 spiro atoms. The molecule has 2 rings (SSSR count). The van der Waals surface area contributed by atoms with Crippen LogP contribution in [-0.2, 0) is 9.53 Å². The molecule has 0 saturated heterocycles. The number of esters is 1.